The number of nitro groups is 1. The van der Waals surface area contributed by atoms with Crippen LogP contribution < -0.4 is 10.0 Å². The third-order valence-corrected chi connectivity index (χ3v) is 5.77. The molecule has 1 aliphatic rings. The van der Waals surface area contributed by atoms with Gasteiger partial charge in [-0.3, -0.25) is 15.1 Å². The molecule has 1 heterocycles. The predicted molar refractivity (Wildman–Crippen MR) is 120 cm³/mol. The van der Waals surface area contributed by atoms with Crippen molar-refractivity contribution in [3.05, 3.63) is 34.4 Å². The second-order valence-electron chi connectivity index (χ2n) is 7.22. The maximum atomic E-state index is 12.3. The molecule has 0 aromatic heterocycles. The highest BCUT2D eigenvalue weighted by molar-refractivity contribution is 14.0. The summed E-state index contributed by atoms with van der Waals surface area (Å²) in [5.74, 6) is 0.776. The summed E-state index contributed by atoms with van der Waals surface area (Å²) in [6.07, 6.45) is 1.08. The Balaban J connectivity index is 0.00000392. The van der Waals surface area contributed by atoms with E-state index in [-0.39, 0.29) is 53.1 Å². The monoisotopic (exact) mass is 525 g/mol. The van der Waals surface area contributed by atoms with Crippen molar-refractivity contribution in [3.63, 3.8) is 0 Å². The van der Waals surface area contributed by atoms with Crippen molar-refractivity contribution in [2.45, 2.75) is 32.1 Å². The number of non-ortho nitro benzene ring substituents is 1. The van der Waals surface area contributed by atoms with Gasteiger partial charge >= 0.3 is 0 Å². The summed E-state index contributed by atoms with van der Waals surface area (Å²) in [5.41, 5.74) is -0.0261. The standard InChI is InChI=1S/C17H27N5O4S.HI/c1-4-18-16(21-11-8-17(2,3)13-21)19-9-10-20-27(25,26)15-7-5-6-14(12-15)22(23)24;/h5-7,12,20H,4,8-11,13H2,1-3H3,(H,18,19);1H. The van der Waals surface area contributed by atoms with Gasteiger partial charge in [0.15, 0.2) is 5.96 Å². The number of likely N-dealkylation sites (tertiary alicyclic amines) is 1. The van der Waals surface area contributed by atoms with Crippen LogP contribution in [-0.4, -0.2) is 56.9 Å². The second-order valence-corrected chi connectivity index (χ2v) is 8.99. The van der Waals surface area contributed by atoms with Crippen LogP contribution in [0.15, 0.2) is 34.2 Å². The fourth-order valence-corrected chi connectivity index (χ4v) is 3.97. The van der Waals surface area contributed by atoms with Gasteiger partial charge < -0.3 is 10.2 Å². The normalized spacial score (nSPS) is 16.5. The van der Waals surface area contributed by atoms with E-state index in [4.69, 9.17) is 0 Å². The minimum Gasteiger partial charge on any atom is -0.357 e. The minimum atomic E-state index is -3.82. The Hall–Kier alpha value is -1.47. The van der Waals surface area contributed by atoms with Crippen LogP contribution in [0.2, 0.25) is 0 Å². The SMILES string of the molecule is CCNC(=NCCNS(=O)(=O)c1cccc([N+](=O)[O-])c1)N1CCC(C)(C)C1.I. The van der Waals surface area contributed by atoms with Crippen molar-refractivity contribution in [2.24, 2.45) is 10.4 Å². The highest BCUT2D eigenvalue weighted by Gasteiger charge is 2.30. The van der Waals surface area contributed by atoms with Crippen molar-refractivity contribution >= 4 is 45.6 Å². The van der Waals surface area contributed by atoms with Crippen LogP contribution in [-0.2, 0) is 10.0 Å². The molecule has 0 atom stereocenters. The molecule has 0 bridgehead atoms. The molecular weight excluding hydrogens is 497 g/mol. The van der Waals surface area contributed by atoms with Gasteiger partial charge in [0.1, 0.15) is 0 Å². The van der Waals surface area contributed by atoms with Crippen molar-refractivity contribution in [2.75, 3.05) is 32.7 Å². The van der Waals surface area contributed by atoms with Crippen molar-refractivity contribution in [1.82, 2.24) is 14.9 Å². The number of nitrogens with zero attached hydrogens (tertiary/aromatic N) is 3. The van der Waals surface area contributed by atoms with Crippen molar-refractivity contribution in [1.29, 1.82) is 0 Å². The minimum absolute atomic E-state index is 0. The van der Waals surface area contributed by atoms with Gasteiger partial charge in [0.2, 0.25) is 10.0 Å². The summed E-state index contributed by atoms with van der Waals surface area (Å²) in [6, 6.07) is 4.98. The molecule has 0 unspecified atom stereocenters. The van der Waals surface area contributed by atoms with Crippen LogP contribution in [0.4, 0.5) is 5.69 Å². The number of hydrogen-bond donors (Lipinski definition) is 2. The molecule has 0 spiro atoms. The van der Waals surface area contributed by atoms with E-state index in [1.165, 1.54) is 18.2 Å². The number of sulfonamides is 1. The van der Waals surface area contributed by atoms with Crippen LogP contribution in [0.25, 0.3) is 0 Å². The van der Waals surface area contributed by atoms with Gasteiger partial charge in [-0.25, -0.2) is 13.1 Å². The molecule has 0 amide bonds. The fraction of sp³-hybridized carbons (Fsp3) is 0.588. The highest BCUT2D eigenvalue weighted by Crippen LogP contribution is 2.28. The van der Waals surface area contributed by atoms with E-state index in [1.807, 2.05) is 6.92 Å². The van der Waals surface area contributed by atoms with Crippen LogP contribution >= 0.6 is 24.0 Å². The molecule has 0 aliphatic carbocycles. The van der Waals surface area contributed by atoms with E-state index >= 15 is 0 Å². The Morgan fingerprint density at radius 3 is 2.68 bits per heavy atom. The van der Waals surface area contributed by atoms with Gasteiger partial charge in [-0.2, -0.15) is 0 Å². The van der Waals surface area contributed by atoms with Crippen LogP contribution in [0.5, 0.6) is 0 Å². The first-order chi connectivity index (χ1) is 12.6. The number of guanidine groups is 1. The molecule has 0 radical (unpaired) electrons. The zero-order valence-corrected chi connectivity index (χ0v) is 19.5. The Bertz CT molecular complexity index is 814. The second kappa shape index (κ2) is 10.3. The molecule has 28 heavy (non-hydrogen) atoms. The topological polar surface area (TPSA) is 117 Å². The fourth-order valence-electron chi connectivity index (χ4n) is 2.91. The molecule has 1 aromatic rings. The van der Waals surface area contributed by atoms with Gasteiger partial charge in [0, 0.05) is 38.3 Å². The number of rotatable bonds is 7. The molecule has 0 saturated carbocycles. The van der Waals surface area contributed by atoms with Crippen LogP contribution in [0, 0.1) is 15.5 Å². The zero-order valence-electron chi connectivity index (χ0n) is 16.3. The smallest absolute Gasteiger partial charge is 0.270 e. The molecule has 1 fully saturated rings. The first-order valence-corrected chi connectivity index (χ1v) is 10.4. The number of nitro benzene ring substituents is 1. The van der Waals surface area contributed by atoms with Gasteiger partial charge in [0.25, 0.3) is 5.69 Å². The molecule has 158 valence electrons. The molecule has 9 nitrogen and oxygen atoms in total. The van der Waals surface area contributed by atoms with Crippen LogP contribution in [0.3, 0.4) is 0 Å². The Labute approximate surface area is 183 Å². The maximum absolute atomic E-state index is 12.3. The summed E-state index contributed by atoms with van der Waals surface area (Å²) in [6.45, 7) is 9.34. The van der Waals surface area contributed by atoms with Gasteiger partial charge in [-0.05, 0) is 24.8 Å². The summed E-state index contributed by atoms with van der Waals surface area (Å²) in [5, 5.41) is 14.0. The lowest BCUT2D eigenvalue weighted by molar-refractivity contribution is -0.385. The maximum Gasteiger partial charge on any atom is 0.270 e. The molecule has 1 aromatic carbocycles. The predicted octanol–water partition coefficient (Wildman–Crippen LogP) is 2.19. The molecule has 11 heteroatoms. The summed E-state index contributed by atoms with van der Waals surface area (Å²) in [7, 11) is -3.82. The zero-order chi connectivity index (χ0) is 20.1. The summed E-state index contributed by atoms with van der Waals surface area (Å²) in [4.78, 5) is 16.7. The van der Waals surface area contributed by atoms with Gasteiger partial charge in [0.05, 0.1) is 16.4 Å². The van der Waals surface area contributed by atoms with E-state index < -0.39 is 14.9 Å². The Kier molecular flexibility index (Phi) is 9.08. The lowest BCUT2D eigenvalue weighted by Crippen LogP contribution is -2.41. The molecule has 1 aliphatic heterocycles. The number of hydrogen-bond acceptors (Lipinski definition) is 5. The Morgan fingerprint density at radius 1 is 1.39 bits per heavy atom. The summed E-state index contributed by atoms with van der Waals surface area (Å²) >= 11 is 0. The number of nitrogens with one attached hydrogen (secondary N) is 2. The van der Waals surface area contributed by atoms with E-state index in [2.05, 4.69) is 33.8 Å². The molecule has 2 N–H and O–H groups in total. The quantitative estimate of drug-likeness (QED) is 0.141. The van der Waals surface area contributed by atoms with Gasteiger partial charge in [-0.1, -0.05) is 19.9 Å². The number of halogens is 1. The van der Waals surface area contributed by atoms with Crippen LogP contribution in [0.1, 0.15) is 27.2 Å². The van der Waals surface area contributed by atoms with Crippen molar-refractivity contribution in [3.8, 4) is 0 Å². The molecular formula is C17H28IN5O4S. The molecule has 2 rings (SSSR count). The van der Waals surface area contributed by atoms with E-state index in [9.17, 15) is 18.5 Å². The first kappa shape index (κ1) is 24.6. The average Bonchev–Trinajstić information content (AvgIpc) is 2.97. The highest BCUT2D eigenvalue weighted by atomic mass is 127. The summed E-state index contributed by atoms with van der Waals surface area (Å²) < 4.78 is 27.1. The Morgan fingerprint density at radius 2 is 2.11 bits per heavy atom. The first-order valence-electron chi connectivity index (χ1n) is 8.92. The molecule has 1 saturated heterocycles. The third-order valence-electron chi connectivity index (χ3n) is 4.32. The lowest BCUT2D eigenvalue weighted by atomic mass is 9.93. The van der Waals surface area contributed by atoms with E-state index in [0.29, 0.717) is 0 Å². The number of aliphatic imine (C=N–C) groups is 1. The van der Waals surface area contributed by atoms with E-state index in [1.54, 1.807) is 0 Å². The lowest BCUT2D eigenvalue weighted by Gasteiger charge is -2.23. The largest absolute Gasteiger partial charge is 0.357 e. The van der Waals surface area contributed by atoms with E-state index in [0.717, 1.165) is 38.1 Å². The number of benzene rings is 1. The van der Waals surface area contributed by atoms with Gasteiger partial charge in [-0.15, -0.1) is 24.0 Å². The third kappa shape index (κ3) is 6.85. The average molecular weight is 525 g/mol. The van der Waals surface area contributed by atoms with Crippen molar-refractivity contribution < 1.29 is 13.3 Å².